The summed E-state index contributed by atoms with van der Waals surface area (Å²) in [4.78, 5) is 31.6. The summed E-state index contributed by atoms with van der Waals surface area (Å²) in [6, 6.07) is 17.3. The average Bonchev–Trinajstić information content (AvgIpc) is 3.24. The number of thioether (sulfide) groups is 1. The number of hydrogen-bond donors (Lipinski definition) is 0. The summed E-state index contributed by atoms with van der Waals surface area (Å²) in [5.41, 5.74) is 6.62. The number of carbonyl (C=O) groups is 2. The number of carbonyl (C=O) groups excluding carboxylic acids is 2. The van der Waals surface area contributed by atoms with Crippen LogP contribution in [0.5, 0.6) is 0 Å². The molecule has 1 amide bonds. The van der Waals surface area contributed by atoms with Crippen molar-refractivity contribution >= 4 is 40.6 Å². The first-order valence-electron chi connectivity index (χ1n) is 11.1. The SMILES string of the molecule is CCOC(=O)c1ccc(N=C2S/C(=C\c3cc(C)n(-c4cccc(C)c4)c3C)C(=O)N2C)cc1. The van der Waals surface area contributed by atoms with Crippen molar-refractivity contribution < 1.29 is 14.3 Å². The number of aromatic nitrogens is 1. The van der Waals surface area contributed by atoms with Gasteiger partial charge in [-0.15, -0.1) is 0 Å². The quantitative estimate of drug-likeness (QED) is 0.346. The van der Waals surface area contributed by atoms with Crippen molar-refractivity contribution in [3.8, 4) is 5.69 Å². The standard InChI is InChI=1S/C27H27N3O3S/c1-6-33-26(32)20-10-12-22(13-11-20)28-27-29(5)25(31)24(34-27)16-21-15-18(3)30(19(21)4)23-9-7-8-17(2)14-23/h7-16H,6H2,1-5H3/b24-16-,28-27?. The lowest BCUT2D eigenvalue weighted by atomic mass is 10.2. The van der Waals surface area contributed by atoms with Gasteiger partial charge in [-0.2, -0.15) is 0 Å². The molecule has 6 nitrogen and oxygen atoms in total. The first kappa shape index (κ1) is 23.6. The van der Waals surface area contributed by atoms with Gasteiger partial charge < -0.3 is 9.30 Å². The predicted octanol–water partition coefficient (Wildman–Crippen LogP) is 5.81. The molecule has 1 fully saturated rings. The second kappa shape index (κ2) is 9.73. The van der Waals surface area contributed by atoms with Crippen LogP contribution in [-0.4, -0.2) is 40.2 Å². The van der Waals surface area contributed by atoms with Gasteiger partial charge in [-0.1, -0.05) is 12.1 Å². The number of esters is 1. The molecule has 0 radical (unpaired) electrons. The van der Waals surface area contributed by atoms with Crippen LogP contribution in [0.1, 0.15) is 39.8 Å². The van der Waals surface area contributed by atoms with Crippen LogP contribution in [0.2, 0.25) is 0 Å². The van der Waals surface area contributed by atoms with Crippen molar-refractivity contribution in [2.45, 2.75) is 27.7 Å². The molecule has 0 spiro atoms. The first-order valence-corrected chi connectivity index (χ1v) is 11.9. The fraction of sp³-hybridized carbons (Fsp3) is 0.222. The fourth-order valence-electron chi connectivity index (χ4n) is 3.89. The van der Waals surface area contributed by atoms with Gasteiger partial charge in [0.25, 0.3) is 5.91 Å². The average molecular weight is 474 g/mol. The number of rotatable bonds is 5. The first-order chi connectivity index (χ1) is 16.3. The summed E-state index contributed by atoms with van der Waals surface area (Å²) in [6.07, 6.45) is 1.94. The minimum Gasteiger partial charge on any atom is -0.462 e. The van der Waals surface area contributed by atoms with E-state index >= 15 is 0 Å². The van der Waals surface area contributed by atoms with Crippen LogP contribution in [0.25, 0.3) is 11.8 Å². The summed E-state index contributed by atoms with van der Waals surface area (Å²) in [5, 5.41) is 0.590. The van der Waals surface area contributed by atoms with Gasteiger partial charge >= 0.3 is 5.97 Å². The Bertz CT molecular complexity index is 1320. The van der Waals surface area contributed by atoms with E-state index in [1.165, 1.54) is 17.3 Å². The third-order valence-electron chi connectivity index (χ3n) is 5.62. The molecule has 2 heterocycles. The summed E-state index contributed by atoms with van der Waals surface area (Å²) in [7, 11) is 1.72. The van der Waals surface area contributed by atoms with Crippen molar-refractivity contribution in [3.05, 3.63) is 87.6 Å². The van der Waals surface area contributed by atoms with Gasteiger partial charge in [0.05, 0.1) is 22.8 Å². The molecule has 2 aromatic carbocycles. The van der Waals surface area contributed by atoms with E-state index in [4.69, 9.17) is 4.74 Å². The van der Waals surface area contributed by atoms with Gasteiger partial charge in [-0.25, -0.2) is 9.79 Å². The van der Waals surface area contributed by atoms with Crippen molar-refractivity contribution in [1.29, 1.82) is 0 Å². The molecule has 0 atom stereocenters. The van der Waals surface area contributed by atoms with Gasteiger partial charge in [-0.05, 0) is 99.1 Å². The number of aryl methyl sites for hydroxylation is 2. The monoisotopic (exact) mass is 473 g/mol. The molecule has 174 valence electrons. The Morgan fingerprint density at radius 2 is 1.82 bits per heavy atom. The highest BCUT2D eigenvalue weighted by Crippen LogP contribution is 2.34. The highest BCUT2D eigenvalue weighted by molar-refractivity contribution is 8.18. The predicted molar refractivity (Wildman–Crippen MR) is 138 cm³/mol. The maximum Gasteiger partial charge on any atom is 0.338 e. The summed E-state index contributed by atoms with van der Waals surface area (Å²) >= 11 is 1.34. The number of ether oxygens (including phenoxy) is 1. The van der Waals surface area contributed by atoms with Crippen molar-refractivity contribution in [3.63, 3.8) is 0 Å². The van der Waals surface area contributed by atoms with Crippen LogP contribution in [0.4, 0.5) is 5.69 Å². The molecule has 4 rings (SSSR count). The number of benzene rings is 2. The van der Waals surface area contributed by atoms with Gasteiger partial charge in [0.2, 0.25) is 0 Å². The topological polar surface area (TPSA) is 63.9 Å². The molecule has 0 aliphatic carbocycles. The van der Waals surface area contributed by atoms with E-state index in [1.54, 1.807) is 43.1 Å². The second-order valence-corrected chi connectivity index (χ2v) is 9.15. The van der Waals surface area contributed by atoms with E-state index in [1.807, 2.05) is 6.08 Å². The molecule has 34 heavy (non-hydrogen) atoms. The molecule has 0 unspecified atom stereocenters. The largest absolute Gasteiger partial charge is 0.462 e. The normalized spacial score (nSPS) is 16.0. The minimum absolute atomic E-state index is 0.0905. The molecular formula is C27H27N3O3S. The molecule has 7 heteroatoms. The highest BCUT2D eigenvalue weighted by atomic mass is 32.2. The van der Waals surface area contributed by atoms with Crippen LogP contribution in [0.3, 0.4) is 0 Å². The van der Waals surface area contributed by atoms with E-state index in [9.17, 15) is 9.59 Å². The fourth-order valence-corrected chi connectivity index (χ4v) is 4.87. The zero-order valence-corrected chi connectivity index (χ0v) is 20.8. The summed E-state index contributed by atoms with van der Waals surface area (Å²) < 4.78 is 7.22. The zero-order chi connectivity index (χ0) is 24.4. The van der Waals surface area contributed by atoms with Crippen molar-refractivity contribution in [2.24, 2.45) is 4.99 Å². The Labute approximate surface area is 203 Å². The Kier molecular flexibility index (Phi) is 6.75. The van der Waals surface area contributed by atoms with Gasteiger partial charge in [0.15, 0.2) is 5.17 Å². The van der Waals surface area contributed by atoms with Crippen LogP contribution >= 0.6 is 11.8 Å². The van der Waals surface area contributed by atoms with E-state index in [0.717, 1.165) is 22.6 Å². The van der Waals surface area contributed by atoms with E-state index in [-0.39, 0.29) is 11.9 Å². The molecule has 1 aliphatic rings. The summed E-state index contributed by atoms with van der Waals surface area (Å²) in [5.74, 6) is -0.454. The van der Waals surface area contributed by atoms with Crippen molar-refractivity contribution in [2.75, 3.05) is 13.7 Å². The molecule has 1 aromatic heterocycles. The van der Waals surface area contributed by atoms with Crippen LogP contribution < -0.4 is 0 Å². The van der Waals surface area contributed by atoms with Crippen molar-refractivity contribution in [1.82, 2.24) is 9.47 Å². The number of likely N-dealkylation sites (N-methyl/N-ethyl adjacent to an activating group) is 1. The molecule has 1 saturated heterocycles. The summed E-state index contributed by atoms with van der Waals surface area (Å²) in [6.45, 7) is 8.31. The Hall–Kier alpha value is -3.58. The molecular weight excluding hydrogens is 446 g/mol. The third-order valence-corrected chi connectivity index (χ3v) is 6.68. The number of amidine groups is 1. The lowest BCUT2D eigenvalue weighted by molar-refractivity contribution is -0.121. The molecule has 0 N–H and O–H groups in total. The molecule has 1 aliphatic heterocycles. The van der Waals surface area contributed by atoms with Gasteiger partial charge in [-0.3, -0.25) is 9.69 Å². The Morgan fingerprint density at radius 3 is 2.50 bits per heavy atom. The number of aliphatic imine (C=N–C) groups is 1. The minimum atomic E-state index is -0.363. The number of amides is 1. The maximum absolute atomic E-state index is 12.9. The highest BCUT2D eigenvalue weighted by Gasteiger charge is 2.30. The number of hydrogen-bond acceptors (Lipinski definition) is 5. The molecule has 0 bridgehead atoms. The smallest absolute Gasteiger partial charge is 0.338 e. The Morgan fingerprint density at radius 1 is 1.09 bits per heavy atom. The second-order valence-electron chi connectivity index (χ2n) is 8.14. The zero-order valence-electron chi connectivity index (χ0n) is 20.0. The van der Waals surface area contributed by atoms with Gasteiger partial charge in [0, 0.05) is 24.1 Å². The lowest BCUT2D eigenvalue weighted by Crippen LogP contribution is -2.23. The number of nitrogens with zero attached hydrogens (tertiary/aromatic N) is 3. The molecule has 0 saturated carbocycles. The molecule has 3 aromatic rings. The maximum atomic E-state index is 12.9. The Balaban J connectivity index is 1.60. The third kappa shape index (κ3) is 4.70. The lowest BCUT2D eigenvalue weighted by Gasteiger charge is -2.10. The van der Waals surface area contributed by atoms with E-state index in [0.29, 0.717) is 27.9 Å². The van der Waals surface area contributed by atoms with Gasteiger partial charge in [0.1, 0.15) is 0 Å². The van der Waals surface area contributed by atoms with Crippen LogP contribution in [-0.2, 0) is 9.53 Å². The van der Waals surface area contributed by atoms with E-state index < -0.39 is 0 Å². The van der Waals surface area contributed by atoms with Crippen LogP contribution in [0, 0.1) is 20.8 Å². The van der Waals surface area contributed by atoms with E-state index in [2.05, 4.69) is 60.7 Å². The van der Waals surface area contributed by atoms with Crippen LogP contribution in [0.15, 0.2) is 64.5 Å².